The largest absolute Gasteiger partial charge is 0.379 e. The van der Waals surface area contributed by atoms with Crippen LogP contribution in [0.25, 0.3) is 0 Å². The van der Waals surface area contributed by atoms with Gasteiger partial charge in [0.1, 0.15) is 0 Å². The fourth-order valence-electron chi connectivity index (χ4n) is 2.59. The summed E-state index contributed by atoms with van der Waals surface area (Å²) in [5, 5.41) is 3.99. The van der Waals surface area contributed by atoms with Crippen molar-refractivity contribution in [1.29, 1.82) is 0 Å². The number of aryl methyl sites for hydroxylation is 1. The molecule has 1 heterocycles. The van der Waals surface area contributed by atoms with Gasteiger partial charge in [-0.1, -0.05) is 31.0 Å². The fourth-order valence-corrected chi connectivity index (χ4v) is 3.33. The fraction of sp³-hybridized carbons (Fsp3) is 0.714. The average Bonchev–Trinajstić information content (AvgIpc) is 2.71. The maximum atomic E-state index is 12.1. The van der Waals surface area contributed by atoms with Gasteiger partial charge in [-0.25, -0.2) is 4.98 Å². The van der Waals surface area contributed by atoms with E-state index in [2.05, 4.69) is 10.3 Å². The maximum absolute atomic E-state index is 12.1. The Bertz CT molecular complexity index is 436. The molecule has 2 atom stereocenters. The van der Waals surface area contributed by atoms with Crippen LogP contribution in [0.2, 0.25) is 0 Å². The molecule has 1 aromatic heterocycles. The highest BCUT2D eigenvalue weighted by molar-refractivity contribution is 7.99. The van der Waals surface area contributed by atoms with Crippen LogP contribution in [0.1, 0.15) is 32.1 Å². The van der Waals surface area contributed by atoms with Gasteiger partial charge in [-0.15, -0.1) is 0 Å². The van der Waals surface area contributed by atoms with Crippen molar-refractivity contribution in [2.24, 2.45) is 7.05 Å². The molecule has 1 saturated carbocycles. The number of nitrogens with one attached hydrogen (secondary N) is 1. The summed E-state index contributed by atoms with van der Waals surface area (Å²) in [6.45, 7) is 0. The molecule has 1 fully saturated rings. The zero-order valence-electron chi connectivity index (χ0n) is 12.2. The minimum absolute atomic E-state index is 0.0620. The highest BCUT2D eigenvalue weighted by Crippen LogP contribution is 2.21. The lowest BCUT2D eigenvalue weighted by Gasteiger charge is -2.24. The molecule has 0 saturated heterocycles. The smallest absolute Gasteiger partial charge is 0.230 e. The van der Waals surface area contributed by atoms with Crippen LogP contribution < -0.4 is 5.32 Å². The molecule has 1 amide bonds. The number of carbonyl (C=O) groups is 1. The molecule has 1 aliphatic carbocycles. The highest BCUT2D eigenvalue weighted by Gasteiger charge is 2.24. The van der Waals surface area contributed by atoms with Crippen molar-refractivity contribution in [3.05, 3.63) is 12.4 Å². The summed E-state index contributed by atoms with van der Waals surface area (Å²) >= 11 is 1.46. The van der Waals surface area contributed by atoms with Crippen LogP contribution in [0.4, 0.5) is 0 Å². The van der Waals surface area contributed by atoms with E-state index in [0.717, 1.165) is 24.4 Å². The first-order valence-electron chi connectivity index (χ1n) is 7.13. The monoisotopic (exact) mass is 297 g/mol. The molecule has 0 bridgehead atoms. The number of methoxy groups -OCH3 is 1. The molecule has 1 aromatic rings. The van der Waals surface area contributed by atoms with Crippen molar-refractivity contribution in [1.82, 2.24) is 14.9 Å². The molecule has 0 unspecified atom stereocenters. The summed E-state index contributed by atoms with van der Waals surface area (Å²) in [5.74, 6) is 0.463. The van der Waals surface area contributed by atoms with Crippen LogP contribution in [0.15, 0.2) is 17.6 Å². The molecule has 0 radical (unpaired) electrons. The van der Waals surface area contributed by atoms with E-state index in [-0.39, 0.29) is 18.1 Å². The number of aromatic nitrogens is 2. The van der Waals surface area contributed by atoms with E-state index in [9.17, 15) is 4.79 Å². The van der Waals surface area contributed by atoms with E-state index in [1.807, 2.05) is 17.8 Å². The second kappa shape index (κ2) is 7.69. The van der Waals surface area contributed by atoms with Crippen molar-refractivity contribution < 1.29 is 9.53 Å². The van der Waals surface area contributed by atoms with Gasteiger partial charge in [-0.2, -0.15) is 0 Å². The van der Waals surface area contributed by atoms with Crippen LogP contribution in [-0.4, -0.2) is 40.5 Å². The summed E-state index contributed by atoms with van der Waals surface area (Å²) in [7, 11) is 3.66. The van der Waals surface area contributed by atoms with Crippen molar-refractivity contribution in [3.63, 3.8) is 0 Å². The number of amides is 1. The molecule has 1 aliphatic rings. The summed E-state index contributed by atoms with van der Waals surface area (Å²) < 4.78 is 7.43. The van der Waals surface area contributed by atoms with Gasteiger partial charge in [0.05, 0.1) is 17.9 Å². The van der Waals surface area contributed by atoms with E-state index in [4.69, 9.17) is 4.74 Å². The Kier molecular flexibility index (Phi) is 5.91. The van der Waals surface area contributed by atoms with Crippen LogP contribution >= 0.6 is 11.8 Å². The number of ether oxygens (including phenoxy) is 1. The summed E-state index contributed by atoms with van der Waals surface area (Å²) in [6, 6.07) is 0.150. The molecule has 112 valence electrons. The minimum Gasteiger partial charge on any atom is -0.379 e. The lowest BCUT2D eigenvalue weighted by molar-refractivity contribution is -0.120. The van der Waals surface area contributed by atoms with E-state index < -0.39 is 0 Å². The van der Waals surface area contributed by atoms with Gasteiger partial charge < -0.3 is 14.6 Å². The van der Waals surface area contributed by atoms with E-state index in [1.165, 1.54) is 24.6 Å². The number of thioether (sulfide) groups is 1. The molecule has 6 heteroatoms. The third kappa shape index (κ3) is 4.24. The van der Waals surface area contributed by atoms with Crippen LogP contribution in [-0.2, 0) is 16.6 Å². The molecule has 2 rings (SSSR count). The molecule has 0 aromatic carbocycles. The van der Waals surface area contributed by atoms with E-state index in [1.54, 1.807) is 13.3 Å². The number of nitrogens with zero attached hydrogens (tertiary/aromatic N) is 2. The third-order valence-electron chi connectivity index (χ3n) is 3.71. The number of carbonyl (C=O) groups excluding carboxylic acids is 1. The number of rotatable bonds is 5. The third-order valence-corrected chi connectivity index (χ3v) is 4.77. The zero-order chi connectivity index (χ0) is 14.4. The molecular weight excluding hydrogens is 274 g/mol. The quantitative estimate of drug-likeness (QED) is 0.667. The number of imidazole rings is 1. The first-order chi connectivity index (χ1) is 9.70. The minimum atomic E-state index is 0.0620. The predicted molar refractivity (Wildman–Crippen MR) is 79.7 cm³/mol. The summed E-state index contributed by atoms with van der Waals surface area (Å²) in [4.78, 5) is 16.3. The van der Waals surface area contributed by atoms with Gasteiger partial charge in [0.15, 0.2) is 5.16 Å². The van der Waals surface area contributed by atoms with Gasteiger partial charge in [-0.3, -0.25) is 4.79 Å². The van der Waals surface area contributed by atoms with Crippen molar-refractivity contribution in [3.8, 4) is 0 Å². The molecular formula is C14H23N3O2S. The second-order valence-corrected chi connectivity index (χ2v) is 6.14. The van der Waals surface area contributed by atoms with Crippen molar-refractivity contribution in [2.75, 3.05) is 12.9 Å². The second-order valence-electron chi connectivity index (χ2n) is 5.20. The Morgan fingerprint density at radius 2 is 2.30 bits per heavy atom. The van der Waals surface area contributed by atoms with E-state index in [0.29, 0.717) is 5.75 Å². The predicted octanol–water partition coefficient (Wildman–Crippen LogP) is 1.98. The zero-order valence-corrected chi connectivity index (χ0v) is 13.0. The standard InChI is InChI=1S/C14H23N3O2S/c1-17-9-8-15-14(17)20-10-13(18)16-11-6-4-3-5-7-12(11)19-2/h8-9,11-12H,3-7,10H2,1-2H3,(H,16,18)/t11-,12+/m0/s1. The topological polar surface area (TPSA) is 56.1 Å². The van der Waals surface area contributed by atoms with Crippen LogP contribution in [0, 0.1) is 0 Å². The Morgan fingerprint density at radius 1 is 1.50 bits per heavy atom. The Hall–Kier alpha value is -1.01. The number of hydrogen-bond acceptors (Lipinski definition) is 4. The number of hydrogen-bond donors (Lipinski definition) is 1. The Balaban J connectivity index is 1.82. The van der Waals surface area contributed by atoms with Gasteiger partial charge in [-0.05, 0) is 12.8 Å². The van der Waals surface area contributed by atoms with Gasteiger partial charge in [0.25, 0.3) is 0 Å². The molecule has 0 aliphatic heterocycles. The lowest BCUT2D eigenvalue weighted by Crippen LogP contribution is -2.44. The normalized spacial score (nSPS) is 23.3. The summed E-state index contributed by atoms with van der Waals surface area (Å²) in [5.41, 5.74) is 0. The molecule has 1 N–H and O–H groups in total. The SMILES string of the molecule is CO[C@@H]1CCCCC[C@@H]1NC(=O)CSc1nccn1C. The van der Waals surface area contributed by atoms with Gasteiger partial charge >= 0.3 is 0 Å². The highest BCUT2D eigenvalue weighted by atomic mass is 32.2. The van der Waals surface area contributed by atoms with Crippen LogP contribution in [0.5, 0.6) is 0 Å². The molecule has 20 heavy (non-hydrogen) atoms. The first kappa shape index (κ1) is 15.4. The van der Waals surface area contributed by atoms with Crippen molar-refractivity contribution >= 4 is 17.7 Å². The van der Waals surface area contributed by atoms with Crippen molar-refractivity contribution in [2.45, 2.75) is 49.4 Å². The first-order valence-corrected chi connectivity index (χ1v) is 8.11. The maximum Gasteiger partial charge on any atom is 0.230 e. The van der Waals surface area contributed by atoms with Gasteiger partial charge in [0, 0.05) is 26.6 Å². The Morgan fingerprint density at radius 3 is 3.00 bits per heavy atom. The lowest BCUT2D eigenvalue weighted by atomic mass is 10.1. The molecule has 5 nitrogen and oxygen atoms in total. The summed E-state index contributed by atoms with van der Waals surface area (Å²) in [6.07, 6.45) is 9.41. The van der Waals surface area contributed by atoms with Crippen LogP contribution in [0.3, 0.4) is 0 Å². The Labute approximate surface area is 124 Å². The average molecular weight is 297 g/mol. The van der Waals surface area contributed by atoms with Gasteiger partial charge in [0.2, 0.25) is 5.91 Å². The molecule has 0 spiro atoms. The van der Waals surface area contributed by atoms with E-state index >= 15 is 0 Å².